The van der Waals surface area contributed by atoms with Crippen LogP contribution < -0.4 is 16.0 Å². The van der Waals surface area contributed by atoms with Gasteiger partial charge in [0.1, 0.15) is 4.88 Å². The van der Waals surface area contributed by atoms with Crippen molar-refractivity contribution in [2.45, 2.75) is 20.3 Å². The zero-order valence-electron chi connectivity index (χ0n) is 11.5. The summed E-state index contributed by atoms with van der Waals surface area (Å²) in [4.78, 5) is 14.8. The second-order valence-corrected chi connectivity index (χ2v) is 6.73. The van der Waals surface area contributed by atoms with Crippen LogP contribution in [0.5, 0.6) is 0 Å². The van der Waals surface area contributed by atoms with E-state index >= 15 is 0 Å². The summed E-state index contributed by atoms with van der Waals surface area (Å²) in [5.74, 6) is -0.118. The van der Waals surface area contributed by atoms with E-state index in [1.807, 2.05) is 6.07 Å². The molecule has 1 amide bonds. The van der Waals surface area contributed by atoms with E-state index in [4.69, 9.17) is 5.73 Å². The Kier molecular flexibility index (Phi) is 3.85. The van der Waals surface area contributed by atoms with Gasteiger partial charge in [-0.2, -0.15) is 0 Å². The molecular formula is C14H21N3OS. The van der Waals surface area contributed by atoms with Gasteiger partial charge in [-0.25, -0.2) is 0 Å². The molecule has 1 fully saturated rings. The SMILES string of the molecule is C=CCNC(=O)c1sc(N2CCC(C)(C)C2)cc1N. The molecule has 5 heteroatoms. The minimum Gasteiger partial charge on any atom is -0.397 e. The lowest BCUT2D eigenvalue weighted by Gasteiger charge is -2.19. The van der Waals surface area contributed by atoms with Crippen molar-refractivity contribution in [3.63, 3.8) is 0 Å². The number of nitrogens with zero attached hydrogens (tertiary/aromatic N) is 1. The molecule has 1 aromatic heterocycles. The van der Waals surface area contributed by atoms with Gasteiger partial charge in [0.25, 0.3) is 5.91 Å². The number of hydrogen-bond acceptors (Lipinski definition) is 4. The minimum atomic E-state index is -0.118. The number of rotatable bonds is 4. The van der Waals surface area contributed by atoms with Crippen LogP contribution in [0, 0.1) is 5.41 Å². The van der Waals surface area contributed by atoms with Crippen molar-refractivity contribution in [3.8, 4) is 0 Å². The van der Waals surface area contributed by atoms with Crippen LogP contribution in [-0.2, 0) is 0 Å². The van der Waals surface area contributed by atoms with Gasteiger partial charge in [0, 0.05) is 19.6 Å². The molecule has 1 saturated heterocycles. The van der Waals surface area contributed by atoms with Crippen molar-refractivity contribution < 1.29 is 4.79 Å². The van der Waals surface area contributed by atoms with Crippen LogP contribution in [0.4, 0.5) is 10.7 Å². The Morgan fingerprint density at radius 3 is 3.00 bits per heavy atom. The number of hydrogen-bond donors (Lipinski definition) is 2. The van der Waals surface area contributed by atoms with E-state index < -0.39 is 0 Å². The van der Waals surface area contributed by atoms with E-state index in [0.717, 1.165) is 18.1 Å². The number of thiophene rings is 1. The lowest BCUT2D eigenvalue weighted by molar-refractivity contribution is 0.0963. The second kappa shape index (κ2) is 5.25. The van der Waals surface area contributed by atoms with E-state index in [-0.39, 0.29) is 5.91 Å². The van der Waals surface area contributed by atoms with E-state index in [9.17, 15) is 4.79 Å². The normalized spacial score (nSPS) is 17.5. The maximum atomic E-state index is 11.9. The second-order valence-electron chi connectivity index (χ2n) is 5.70. The summed E-state index contributed by atoms with van der Waals surface area (Å²) in [5, 5.41) is 3.85. The zero-order chi connectivity index (χ0) is 14.0. The first kappa shape index (κ1) is 13.9. The van der Waals surface area contributed by atoms with Gasteiger partial charge < -0.3 is 16.0 Å². The lowest BCUT2D eigenvalue weighted by Crippen LogP contribution is -2.23. The van der Waals surface area contributed by atoms with Crippen molar-refractivity contribution in [3.05, 3.63) is 23.6 Å². The van der Waals surface area contributed by atoms with Crippen molar-refractivity contribution >= 4 is 27.9 Å². The van der Waals surface area contributed by atoms with E-state index in [2.05, 4.69) is 30.6 Å². The maximum Gasteiger partial charge on any atom is 0.263 e. The van der Waals surface area contributed by atoms with Gasteiger partial charge in [-0.3, -0.25) is 4.79 Å². The van der Waals surface area contributed by atoms with Gasteiger partial charge in [0.2, 0.25) is 0 Å². The number of amides is 1. The Morgan fingerprint density at radius 1 is 1.68 bits per heavy atom. The molecule has 1 aliphatic rings. The summed E-state index contributed by atoms with van der Waals surface area (Å²) in [6.07, 6.45) is 2.83. The van der Waals surface area contributed by atoms with Crippen molar-refractivity contribution in [1.29, 1.82) is 0 Å². The molecule has 0 radical (unpaired) electrons. The topological polar surface area (TPSA) is 58.4 Å². The van der Waals surface area contributed by atoms with Crippen LogP contribution >= 0.6 is 11.3 Å². The summed E-state index contributed by atoms with van der Waals surface area (Å²) in [6, 6.07) is 1.91. The number of carbonyl (C=O) groups is 1. The molecule has 4 nitrogen and oxygen atoms in total. The smallest absolute Gasteiger partial charge is 0.263 e. The molecule has 2 heterocycles. The molecule has 1 aliphatic heterocycles. The molecule has 0 spiro atoms. The highest BCUT2D eigenvalue weighted by Crippen LogP contribution is 2.38. The average Bonchev–Trinajstić information content (AvgIpc) is 2.89. The van der Waals surface area contributed by atoms with Crippen molar-refractivity contribution in [2.75, 3.05) is 30.3 Å². The standard InChI is InChI=1S/C14H21N3OS/c1-4-6-16-13(18)12-10(15)8-11(19-12)17-7-5-14(2,3)9-17/h4,8H,1,5-7,9,15H2,2-3H3,(H,16,18). The van der Waals surface area contributed by atoms with Crippen LogP contribution in [-0.4, -0.2) is 25.5 Å². The van der Waals surface area contributed by atoms with E-state index in [0.29, 0.717) is 22.5 Å². The first-order valence-electron chi connectivity index (χ1n) is 6.46. The number of carbonyl (C=O) groups excluding carboxylic acids is 1. The molecule has 0 bridgehead atoms. The predicted molar refractivity (Wildman–Crippen MR) is 81.9 cm³/mol. The maximum absolute atomic E-state index is 11.9. The quantitative estimate of drug-likeness (QED) is 0.833. The summed E-state index contributed by atoms with van der Waals surface area (Å²) in [6.45, 7) is 10.6. The molecule has 19 heavy (non-hydrogen) atoms. The highest BCUT2D eigenvalue weighted by molar-refractivity contribution is 7.18. The molecule has 0 unspecified atom stereocenters. The highest BCUT2D eigenvalue weighted by atomic mass is 32.1. The van der Waals surface area contributed by atoms with Crippen LogP contribution in [0.1, 0.15) is 29.9 Å². The summed E-state index contributed by atoms with van der Waals surface area (Å²) < 4.78 is 0. The van der Waals surface area contributed by atoms with Crippen LogP contribution in [0.25, 0.3) is 0 Å². The third-order valence-corrected chi connectivity index (χ3v) is 4.56. The lowest BCUT2D eigenvalue weighted by atomic mass is 9.93. The monoisotopic (exact) mass is 279 g/mol. The van der Waals surface area contributed by atoms with Gasteiger partial charge in [-0.15, -0.1) is 17.9 Å². The van der Waals surface area contributed by atoms with Crippen LogP contribution in [0.15, 0.2) is 18.7 Å². The van der Waals surface area contributed by atoms with E-state index in [1.54, 1.807) is 6.08 Å². The van der Waals surface area contributed by atoms with Crippen LogP contribution in [0.2, 0.25) is 0 Å². The first-order valence-corrected chi connectivity index (χ1v) is 7.28. The summed E-state index contributed by atoms with van der Waals surface area (Å²) in [7, 11) is 0. The molecule has 0 aromatic carbocycles. The summed E-state index contributed by atoms with van der Waals surface area (Å²) >= 11 is 1.47. The molecule has 0 aliphatic carbocycles. The molecule has 2 rings (SSSR count). The number of nitrogens with two attached hydrogens (primary N) is 1. The number of nitrogens with one attached hydrogen (secondary N) is 1. The van der Waals surface area contributed by atoms with Gasteiger partial charge in [0.15, 0.2) is 0 Å². The Labute approximate surface area is 118 Å². The van der Waals surface area contributed by atoms with Crippen molar-refractivity contribution in [1.82, 2.24) is 5.32 Å². The Morgan fingerprint density at radius 2 is 2.42 bits per heavy atom. The highest BCUT2D eigenvalue weighted by Gasteiger charge is 2.30. The Bertz CT molecular complexity index is 493. The molecule has 0 saturated carbocycles. The fraction of sp³-hybridized carbons (Fsp3) is 0.500. The molecule has 104 valence electrons. The van der Waals surface area contributed by atoms with Crippen molar-refractivity contribution in [2.24, 2.45) is 5.41 Å². The van der Waals surface area contributed by atoms with Gasteiger partial charge >= 0.3 is 0 Å². The van der Waals surface area contributed by atoms with Gasteiger partial charge in [0.05, 0.1) is 10.7 Å². The number of nitrogen functional groups attached to an aromatic ring is 1. The van der Waals surface area contributed by atoms with E-state index in [1.165, 1.54) is 17.8 Å². The number of anilines is 2. The van der Waals surface area contributed by atoms with Gasteiger partial charge in [-0.1, -0.05) is 19.9 Å². The summed E-state index contributed by atoms with van der Waals surface area (Å²) in [5.41, 5.74) is 6.84. The Balaban J connectivity index is 2.13. The molecule has 3 N–H and O–H groups in total. The zero-order valence-corrected chi connectivity index (χ0v) is 12.3. The minimum absolute atomic E-state index is 0.118. The molecule has 0 atom stereocenters. The molecular weight excluding hydrogens is 258 g/mol. The Hall–Kier alpha value is -1.49. The third kappa shape index (κ3) is 3.10. The van der Waals surface area contributed by atoms with Gasteiger partial charge in [-0.05, 0) is 17.9 Å². The van der Waals surface area contributed by atoms with Crippen LogP contribution in [0.3, 0.4) is 0 Å². The average molecular weight is 279 g/mol. The third-order valence-electron chi connectivity index (χ3n) is 3.35. The molecule has 1 aromatic rings. The fourth-order valence-corrected chi connectivity index (χ4v) is 3.29. The first-order chi connectivity index (χ1) is 8.93. The largest absolute Gasteiger partial charge is 0.397 e. The fourth-order valence-electron chi connectivity index (χ4n) is 2.27. The predicted octanol–water partition coefficient (Wildman–Crippen LogP) is 2.48.